The van der Waals surface area contributed by atoms with Gasteiger partial charge in [0.25, 0.3) is 0 Å². The fourth-order valence-corrected chi connectivity index (χ4v) is 4.23. The normalized spacial score (nSPS) is 13.2. The molecule has 0 bridgehead atoms. The molecule has 0 aliphatic carbocycles. The molecule has 9 heteroatoms. The zero-order chi connectivity index (χ0) is 19.9. The highest BCUT2D eigenvalue weighted by Crippen LogP contribution is 2.15. The van der Waals surface area contributed by atoms with E-state index in [1.54, 1.807) is 6.92 Å². The van der Waals surface area contributed by atoms with Gasteiger partial charge in [0, 0.05) is 10.9 Å². The average molecular weight is 459 g/mol. The molecule has 0 fully saturated rings. The quantitative estimate of drug-likeness (QED) is 0.556. The van der Waals surface area contributed by atoms with Gasteiger partial charge in [-0.1, -0.05) is 47.1 Å². The molecule has 0 aliphatic heterocycles. The Bertz CT molecular complexity index is 804. The second kappa shape index (κ2) is 10.3. The molecule has 1 N–H and O–H groups in total. The highest BCUT2D eigenvalue weighted by molar-refractivity contribution is 9.10. The average Bonchev–Trinajstić information content (AvgIpc) is 3.09. The molecule has 0 unspecified atom stereocenters. The van der Waals surface area contributed by atoms with Crippen molar-refractivity contribution in [2.75, 3.05) is 25.4 Å². The number of halogens is 1. The Hall–Kier alpha value is -1.29. The van der Waals surface area contributed by atoms with Crippen LogP contribution in [0.25, 0.3) is 0 Å². The molecule has 0 spiro atoms. The van der Waals surface area contributed by atoms with Crippen molar-refractivity contribution in [1.82, 2.24) is 19.8 Å². The van der Waals surface area contributed by atoms with Crippen LogP contribution in [0.4, 0.5) is 0 Å². The summed E-state index contributed by atoms with van der Waals surface area (Å²) in [7, 11) is -3.41. The lowest BCUT2D eigenvalue weighted by molar-refractivity contribution is 0.304. The maximum atomic E-state index is 12.3. The number of hydrogen-bond donors (Lipinski definition) is 1. The molecular weight excluding hydrogens is 432 g/mol. The Balaban J connectivity index is 1.88. The Labute approximate surface area is 169 Å². The Morgan fingerprint density at radius 3 is 2.52 bits per heavy atom. The first kappa shape index (κ1) is 22.0. The molecule has 150 valence electrons. The van der Waals surface area contributed by atoms with Crippen LogP contribution >= 0.6 is 15.9 Å². The van der Waals surface area contributed by atoms with E-state index in [-0.39, 0.29) is 11.6 Å². The molecule has 0 saturated carbocycles. The summed E-state index contributed by atoms with van der Waals surface area (Å²) in [6.07, 6.45) is 1.11. The molecule has 2 rings (SSSR count). The van der Waals surface area contributed by atoms with Gasteiger partial charge in [0.2, 0.25) is 15.9 Å². The minimum Gasteiger partial charge on any atom is -0.338 e. The van der Waals surface area contributed by atoms with Gasteiger partial charge in [-0.15, -0.1) is 0 Å². The number of benzene rings is 1. The number of sulfonamides is 1. The van der Waals surface area contributed by atoms with Crippen molar-refractivity contribution in [1.29, 1.82) is 0 Å². The molecule has 2 aromatic rings. The lowest BCUT2D eigenvalue weighted by atomic mass is 10.1. The lowest BCUT2D eigenvalue weighted by Crippen LogP contribution is -2.32. The summed E-state index contributed by atoms with van der Waals surface area (Å²) in [6, 6.07) is 7.29. The van der Waals surface area contributed by atoms with Crippen LogP contribution < -0.4 is 4.72 Å². The van der Waals surface area contributed by atoms with Crippen LogP contribution in [-0.4, -0.2) is 48.8 Å². The Kier molecular flexibility index (Phi) is 8.40. The van der Waals surface area contributed by atoms with Crippen LogP contribution in [0.3, 0.4) is 0 Å². The highest BCUT2D eigenvalue weighted by Gasteiger charge is 2.21. The fraction of sp³-hybridized carbons (Fsp3) is 0.556. The van der Waals surface area contributed by atoms with Gasteiger partial charge in [0.15, 0.2) is 5.82 Å². The summed E-state index contributed by atoms with van der Waals surface area (Å²) in [4.78, 5) is 6.52. The molecule has 1 atom stereocenters. The van der Waals surface area contributed by atoms with E-state index in [0.717, 1.165) is 29.7 Å². The number of rotatable bonds is 11. The summed E-state index contributed by atoms with van der Waals surface area (Å²) in [5, 5.41) is 3.95. The van der Waals surface area contributed by atoms with Crippen molar-refractivity contribution in [2.24, 2.45) is 0 Å². The van der Waals surface area contributed by atoms with Crippen LogP contribution in [0, 0.1) is 0 Å². The SMILES string of the molecule is CCN(CC)CCCS(=O)(=O)N[C@H](C)c1nc(Cc2ccc(Br)cc2)no1. The maximum absolute atomic E-state index is 12.3. The molecular formula is C18H27BrN4O3S. The summed E-state index contributed by atoms with van der Waals surface area (Å²) in [5.74, 6) is 0.877. The van der Waals surface area contributed by atoms with Crippen LogP contribution in [0.1, 0.15) is 50.5 Å². The Morgan fingerprint density at radius 1 is 1.22 bits per heavy atom. The summed E-state index contributed by atoms with van der Waals surface area (Å²) in [5.41, 5.74) is 1.05. The van der Waals surface area contributed by atoms with E-state index in [1.165, 1.54) is 0 Å². The van der Waals surface area contributed by atoms with E-state index in [4.69, 9.17) is 4.52 Å². The highest BCUT2D eigenvalue weighted by atomic mass is 79.9. The van der Waals surface area contributed by atoms with Gasteiger partial charge < -0.3 is 9.42 Å². The van der Waals surface area contributed by atoms with Crippen molar-refractivity contribution in [2.45, 2.75) is 39.7 Å². The van der Waals surface area contributed by atoms with E-state index >= 15 is 0 Å². The van der Waals surface area contributed by atoms with Gasteiger partial charge in [-0.3, -0.25) is 0 Å². The van der Waals surface area contributed by atoms with Gasteiger partial charge in [0.1, 0.15) is 0 Å². The summed E-state index contributed by atoms with van der Waals surface area (Å²) < 4.78 is 33.4. The third-order valence-corrected chi connectivity index (χ3v) is 6.34. The third-order valence-electron chi connectivity index (χ3n) is 4.27. The molecule has 1 heterocycles. The molecule has 7 nitrogen and oxygen atoms in total. The number of nitrogens with zero attached hydrogens (tertiary/aromatic N) is 3. The molecule has 0 aliphatic rings. The first-order valence-corrected chi connectivity index (χ1v) is 11.6. The monoisotopic (exact) mass is 458 g/mol. The van der Waals surface area contributed by atoms with Gasteiger partial charge in [-0.05, 0) is 50.7 Å². The van der Waals surface area contributed by atoms with Crippen molar-refractivity contribution in [3.63, 3.8) is 0 Å². The van der Waals surface area contributed by atoms with Crippen LogP contribution in [-0.2, 0) is 16.4 Å². The van der Waals surface area contributed by atoms with E-state index in [0.29, 0.717) is 18.7 Å². The van der Waals surface area contributed by atoms with Crippen molar-refractivity contribution < 1.29 is 12.9 Å². The van der Waals surface area contributed by atoms with Crippen LogP contribution in [0.2, 0.25) is 0 Å². The predicted octanol–water partition coefficient (Wildman–Crippen LogP) is 3.14. The minimum absolute atomic E-state index is 0.0771. The summed E-state index contributed by atoms with van der Waals surface area (Å²) >= 11 is 3.40. The van der Waals surface area contributed by atoms with E-state index in [1.807, 2.05) is 24.3 Å². The van der Waals surface area contributed by atoms with E-state index in [9.17, 15) is 8.42 Å². The topological polar surface area (TPSA) is 88.3 Å². The third kappa shape index (κ3) is 7.33. The number of nitrogens with one attached hydrogen (secondary N) is 1. The van der Waals surface area contributed by atoms with Crippen molar-refractivity contribution in [3.8, 4) is 0 Å². The first-order chi connectivity index (χ1) is 12.8. The molecule has 0 radical (unpaired) electrons. The van der Waals surface area contributed by atoms with Gasteiger partial charge in [-0.25, -0.2) is 13.1 Å². The Morgan fingerprint density at radius 2 is 1.89 bits per heavy atom. The molecule has 1 aromatic carbocycles. The smallest absolute Gasteiger partial charge is 0.244 e. The van der Waals surface area contributed by atoms with Crippen molar-refractivity contribution in [3.05, 3.63) is 46.0 Å². The van der Waals surface area contributed by atoms with E-state index in [2.05, 4.69) is 49.5 Å². The standard InChI is InChI=1S/C18H27BrN4O3S/c1-4-23(5-2)11-6-12-27(24,25)22-14(3)18-20-17(21-26-18)13-15-7-9-16(19)10-8-15/h7-10,14,22H,4-6,11-13H2,1-3H3/t14-/m1/s1. The minimum atomic E-state index is -3.41. The molecule has 1 aromatic heterocycles. The lowest BCUT2D eigenvalue weighted by Gasteiger charge is -2.18. The van der Waals surface area contributed by atoms with Crippen LogP contribution in [0.5, 0.6) is 0 Å². The van der Waals surface area contributed by atoms with Crippen molar-refractivity contribution >= 4 is 26.0 Å². The molecule has 0 saturated heterocycles. The molecule has 27 heavy (non-hydrogen) atoms. The molecule has 0 amide bonds. The van der Waals surface area contributed by atoms with Crippen LogP contribution in [0.15, 0.2) is 33.3 Å². The zero-order valence-electron chi connectivity index (χ0n) is 16.0. The second-order valence-electron chi connectivity index (χ2n) is 6.39. The number of hydrogen-bond acceptors (Lipinski definition) is 6. The fourth-order valence-electron chi connectivity index (χ4n) is 2.70. The maximum Gasteiger partial charge on any atom is 0.244 e. The predicted molar refractivity (Wildman–Crippen MR) is 109 cm³/mol. The van der Waals surface area contributed by atoms with Gasteiger partial charge in [0.05, 0.1) is 11.8 Å². The zero-order valence-corrected chi connectivity index (χ0v) is 18.4. The second-order valence-corrected chi connectivity index (χ2v) is 9.18. The van der Waals surface area contributed by atoms with Gasteiger partial charge in [-0.2, -0.15) is 4.98 Å². The first-order valence-electron chi connectivity index (χ1n) is 9.12. The van der Waals surface area contributed by atoms with E-state index < -0.39 is 16.1 Å². The number of aromatic nitrogens is 2. The van der Waals surface area contributed by atoms with Gasteiger partial charge >= 0.3 is 0 Å². The summed E-state index contributed by atoms with van der Waals surface area (Å²) in [6.45, 7) is 8.45. The largest absolute Gasteiger partial charge is 0.338 e.